The van der Waals surface area contributed by atoms with Crippen molar-refractivity contribution in [3.8, 4) is 11.5 Å². The van der Waals surface area contributed by atoms with Gasteiger partial charge >= 0.3 is 6.03 Å². The van der Waals surface area contributed by atoms with Gasteiger partial charge in [0.15, 0.2) is 0 Å². The molecular formula is C27H28N4O2. The number of fused-ring (bicyclic) bond motifs is 2. The molecule has 4 fully saturated rings. The first-order chi connectivity index (χ1) is 16.3. The first-order valence-corrected chi connectivity index (χ1v) is 11.8. The summed E-state index contributed by atoms with van der Waals surface area (Å²) in [6.07, 6.45) is 6.14. The molecule has 3 atom stereocenters. The second-order valence-corrected chi connectivity index (χ2v) is 9.27. The Kier molecular flexibility index (Phi) is 5.23. The summed E-state index contributed by atoms with van der Waals surface area (Å²) >= 11 is 0. The van der Waals surface area contributed by atoms with Crippen LogP contribution in [-0.4, -0.2) is 52.5 Å². The van der Waals surface area contributed by atoms with Crippen molar-refractivity contribution in [2.45, 2.75) is 30.8 Å². The maximum absolute atomic E-state index is 13.4. The van der Waals surface area contributed by atoms with Crippen molar-refractivity contribution in [2.75, 3.05) is 25.0 Å². The summed E-state index contributed by atoms with van der Waals surface area (Å²) in [5.41, 5.74) is 2.01. The van der Waals surface area contributed by atoms with Crippen molar-refractivity contribution < 1.29 is 9.53 Å². The van der Waals surface area contributed by atoms with Crippen LogP contribution >= 0.6 is 0 Å². The number of carbonyl (C=O) groups is 1. The number of hydrogen-bond acceptors (Lipinski definition) is 4. The first kappa shape index (κ1) is 20.2. The first-order valence-electron chi connectivity index (χ1n) is 11.8. The Morgan fingerprint density at radius 1 is 0.909 bits per heavy atom. The van der Waals surface area contributed by atoms with E-state index >= 15 is 0 Å². The Labute approximate surface area is 194 Å². The van der Waals surface area contributed by atoms with Gasteiger partial charge in [-0.3, -0.25) is 9.88 Å². The van der Waals surface area contributed by atoms with E-state index in [4.69, 9.17) is 4.74 Å². The van der Waals surface area contributed by atoms with Crippen LogP contribution in [0, 0.1) is 5.92 Å². The highest BCUT2D eigenvalue weighted by molar-refractivity contribution is 5.90. The lowest BCUT2D eigenvalue weighted by Crippen LogP contribution is -2.61. The summed E-state index contributed by atoms with van der Waals surface area (Å²) in [4.78, 5) is 22.5. The summed E-state index contributed by atoms with van der Waals surface area (Å²) in [5, 5.41) is 3.14. The molecule has 0 spiro atoms. The number of carbonyl (C=O) groups excluding carboxylic acids is 1. The number of rotatable bonds is 4. The molecule has 0 aliphatic carbocycles. The second kappa shape index (κ2) is 8.52. The van der Waals surface area contributed by atoms with Crippen LogP contribution in [0.25, 0.3) is 0 Å². The Balaban J connectivity index is 1.19. The van der Waals surface area contributed by atoms with Crippen LogP contribution < -0.4 is 10.1 Å². The zero-order valence-electron chi connectivity index (χ0n) is 18.5. The fraction of sp³-hybridized carbons (Fsp3) is 0.333. The second-order valence-electron chi connectivity index (χ2n) is 9.27. The van der Waals surface area contributed by atoms with Crippen LogP contribution in [0.5, 0.6) is 11.5 Å². The van der Waals surface area contributed by atoms with Crippen LogP contribution in [0.2, 0.25) is 0 Å². The Morgan fingerprint density at radius 2 is 1.67 bits per heavy atom. The van der Waals surface area contributed by atoms with Crippen molar-refractivity contribution in [3.05, 3.63) is 84.7 Å². The van der Waals surface area contributed by atoms with E-state index in [-0.39, 0.29) is 12.1 Å². The van der Waals surface area contributed by atoms with Gasteiger partial charge in [-0.2, -0.15) is 0 Å². The number of pyridine rings is 1. The number of amides is 2. The summed E-state index contributed by atoms with van der Waals surface area (Å²) in [5.74, 6) is 2.42. The Morgan fingerprint density at radius 3 is 2.39 bits per heavy atom. The monoisotopic (exact) mass is 440 g/mol. The molecule has 4 aliphatic rings. The average molecular weight is 441 g/mol. The van der Waals surface area contributed by atoms with E-state index in [1.807, 2.05) is 73.1 Å². The average Bonchev–Trinajstić information content (AvgIpc) is 3.30. The number of aromatic nitrogens is 1. The molecular weight excluding hydrogens is 412 g/mol. The molecule has 4 saturated heterocycles. The molecule has 1 aromatic heterocycles. The van der Waals surface area contributed by atoms with E-state index in [1.165, 1.54) is 18.4 Å². The predicted octanol–water partition coefficient (Wildman–Crippen LogP) is 4.97. The van der Waals surface area contributed by atoms with Gasteiger partial charge in [0.25, 0.3) is 0 Å². The van der Waals surface area contributed by atoms with Crippen LogP contribution in [-0.2, 0) is 0 Å². The molecule has 5 heterocycles. The number of likely N-dealkylation sites (tertiary alicyclic amines) is 1. The van der Waals surface area contributed by atoms with Crippen molar-refractivity contribution in [2.24, 2.45) is 5.92 Å². The number of ether oxygens (including phenoxy) is 1. The van der Waals surface area contributed by atoms with Gasteiger partial charge in [0.1, 0.15) is 11.5 Å². The molecule has 6 heteroatoms. The summed E-state index contributed by atoms with van der Waals surface area (Å²) in [6, 6.07) is 22.1. The molecule has 2 aromatic carbocycles. The summed E-state index contributed by atoms with van der Waals surface area (Å²) in [7, 11) is 0. The van der Waals surface area contributed by atoms with Crippen LogP contribution in [0.1, 0.15) is 24.3 Å². The summed E-state index contributed by atoms with van der Waals surface area (Å²) < 4.78 is 5.87. The van der Waals surface area contributed by atoms with Gasteiger partial charge in [0.2, 0.25) is 0 Å². The van der Waals surface area contributed by atoms with Crippen LogP contribution in [0.3, 0.4) is 0 Å². The van der Waals surface area contributed by atoms with Gasteiger partial charge in [0, 0.05) is 36.6 Å². The maximum Gasteiger partial charge on any atom is 0.322 e. The highest BCUT2D eigenvalue weighted by Crippen LogP contribution is 2.46. The van der Waals surface area contributed by atoms with Gasteiger partial charge in [-0.1, -0.05) is 24.3 Å². The van der Waals surface area contributed by atoms with E-state index < -0.39 is 0 Å². The number of benzene rings is 2. The fourth-order valence-corrected chi connectivity index (χ4v) is 5.97. The van der Waals surface area contributed by atoms with Crippen LogP contribution in [0.15, 0.2) is 79.1 Å². The molecule has 2 bridgehead atoms. The Bertz CT molecular complexity index is 1100. The molecule has 4 aliphatic heterocycles. The number of hydrogen-bond donors (Lipinski definition) is 1. The van der Waals surface area contributed by atoms with Crippen molar-refractivity contribution >= 4 is 11.7 Å². The third kappa shape index (κ3) is 3.85. The molecule has 0 radical (unpaired) electrons. The summed E-state index contributed by atoms with van der Waals surface area (Å²) in [6.45, 7) is 3.01. The minimum atomic E-state index is -0.0122. The lowest BCUT2D eigenvalue weighted by atomic mass is 9.75. The van der Waals surface area contributed by atoms with E-state index in [2.05, 4.69) is 26.2 Å². The smallest absolute Gasteiger partial charge is 0.322 e. The molecule has 2 amide bonds. The van der Waals surface area contributed by atoms with Gasteiger partial charge in [-0.15, -0.1) is 0 Å². The van der Waals surface area contributed by atoms with Crippen molar-refractivity contribution in [1.82, 2.24) is 14.8 Å². The number of urea groups is 1. The van der Waals surface area contributed by atoms with Gasteiger partial charge in [-0.25, -0.2) is 4.79 Å². The molecule has 7 rings (SSSR count). The number of anilines is 1. The SMILES string of the molecule is O=C(Nc1ccc(Oc2ccccc2)cc1)N1CC(c2cccnc2)C2C1C1CCN2CC1. The minimum absolute atomic E-state index is 0.0122. The van der Waals surface area contributed by atoms with Gasteiger partial charge in [0.05, 0.1) is 6.04 Å². The zero-order chi connectivity index (χ0) is 22.2. The number of nitrogens with zero attached hydrogens (tertiary/aromatic N) is 3. The highest BCUT2D eigenvalue weighted by Gasteiger charge is 2.54. The fourth-order valence-electron chi connectivity index (χ4n) is 5.97. The number of piperidine rings is 3. The number of nitrogens with one attached hydrogen (secondary N) is 1. The van der Waals surface area contributed by atoms with E-state index in [0.29, 0.717) is 17.9 Å². The largest absolute Gasteiger partial charge is 0.457 e. The third-order valence-corrected chi connectivity index (χ3v) is 7.45. The molecule has 168 valence electrons. The lowest BCUT2D eigenvalue weighted by molar-refractivity contribution is 0.00493. The Hall–Kier alpha value is -3.38. The molecule has 1 N–H and O–H groups in total. The van der Waals surface area contributed by atoms with Crippen molar-refractivity contribution in [3.63, 3.8) is 0 Å². The maximum atomic E-state index is 13.4. The van der Waals surface area contributed by atoms with Gasteiger partial charge < -0.3 is 15.0 Å². The topological polar surface area (TPSA) is 57.7 Å². The standard InChI is InChI=1S/C27H28N4O2/c32-27(29-21-8-10-23(11-9-21)33-22-6-2-1-3-7-22)31-18-24(20-5-4-14-28-17-20)26-25(31)19-12-15-30(26)16-13-19/h1-11,14,17,19,24-26H,12-13,15-16,18H2,(H,29,32). The van der Waals surface area contributed by atoms with E-state index in [9.17, 15) is 4.79 Å². The third-order valence-electron chi connectivity index (χ3n) is 7.45. The molecule has 3 unspecified atom stereocenters. The van der Waals surface area contributed by atoms with E-state index in [1.54, 1.807) is 0 Å². The quantitative estimate of drug-likeness (QED) is 0.623. The molecule has 0 saturated carbocycles. The zero-order valence-corrected chi connectivity index (χ0v) is 18.5. The molecule has 33 heavy (non-hydrogen) atoms. The lowest BCUT2D eigenvalue weighted by Gasteiger charge is -2.51. The molecule has 6 nitrogen and oxygen atoms in total. The van der Waals surface area contributed by atoms with Crippen molar-refractivity contribution in [1.29, 1.82) is 0 Å². The van der Waals surface area contributed by atoms with E-state index in [0.717, 1.165) is 36.8 Å². The normalized spacial score (nSPS) is 27.8. The van der Waals surface area contributed by atoms with Crippen LogP contribution in [0.4, 0.5) is 10.5 Å². The molecule has 3 aromatic rings. The number of para-hydroxylation sites is 1. The highest BCUT2D eigenvalue weighted by atomic mass is 16.5. The van der Waals surface area contributed by atoms with Gasteiger partial charge in [-0.05, 0) is 79.9 Å². The predicted molar refractivity (Wildman–Crippen MR) is 128 cm³/mol. The minimum Gasteiger partial charge on any atom is -0.457 e.